The summed E-state index contributed by atoms with van der Waals surface area (Å²) in [4.78, 5) is 16.8. The maximum atomic E-state index is 16.9. The van der Waals surface area contributed by atoms with Crippen LogP contribution in [0.1, 0.15) is 34.0 Å². The summed E-state index contributed by atoms with van der Waals surface area (Å²) in [6.45, 7) is -1.58. The Bertz CT molecular complexity index is 2040. The topological polar surface area (TPSA) is 80.4 Å². The molecular weight excluding hydrogens is 584 g/mol. The van der Waals surface area contributed by atoms with Gasteiger partial charge in [-0.3, -0.25) is 9.88 Å². The Morgan fingerprint density at radius 1 is 1.20 bits per heavy atom. The Morgan fingerprint density at radius 2 is 2.07 bits per heavy atom. The largest absolute Gasteiger partial charge is 0.461 e. The van der Waals surface area contributed by atoms with Crippen LogP contribution in [-0.2, 0) is 0 Å². The fourth-order valence-corrected chi connectivity index (χ4v) is 7.44. The van der Waals surface area contributed by atoms with Crippen molar-refractivity contribution in [2.75, 3.05) is 36.8 Å². The van der Waals surface area contributed by atoms with Crippen molar-refractivity contribution >= 4 is 33.2 Å². The van der Waals surface area contributed by atoms with Crippen molar-refractivity contribution in [2.45, 2.75) is 49.6 Å². The van der Waals surface area contributed by atoms with Crippen molar-refractivity contribution in [2.24, 2.45) is 5.92 Å². The highest BCUT2D eigenvalue weighted by Gasteiger charge is 2.55. The van der Waals surface area contributed by atoms with E-state index in [9.17, 15) is 8.78 Å². The third kappa shape index (κ3) is 4.41. The van der Waals surface area contributed by atoms with Gasteiger partial charge in [0.2, 0.25) is 0 Å². The predicted molar refractivity (Wildman–Crippen MR) is 164 cm³/mol. The summed E-state index contributed by atoms with van der Waals surface area (Å²) >= 11 is 0. The molecule has 2 aromatic heterocycles. The first-order chi connectivity index (χ1) is 22.5. The van der Waals surface area contributed by atoms with Gasteiger partial charge in [-0.25, -0.2) is 17.6 Å². The number of ether oxygens (including phenoxy) is 1. The second-order valence-electron chi connectivity index (χ2n) is 12.3. The Morgan fingerprint density at radius 3 is 2.91 bits per heavy atom. The summed E-state index contributed by atoms with van der Waals surface area (Å²) in [6, 6.07) is 4.71. The standard InChI is InChI=1S/C34H30F4N6O/c1-2-21-25(36)8-7-18-12-20(39)13-23(26(18)21)29-28(38)30-24(15-40-29)32(44-11-4-3-6-22-27(37)31(22)44)42-33(41-30)45-17-34-9-5-10-43(34)16-19(35)14-34/h1,3-4,7-8,12-13,15,19,22,27,31H,5-6,9-11,14,16-17,39H2/t19-,22+,27+,31+,34+/m1/s1/i17D2. The van der Waals surface area contributed by atoms with E-state index in [1.54, 1.807) is 15.9 Å². The number of pyridine rings is 1. The SMILES string of the molecule is [2H]C([2H])(Oc1nc(N2CC=CC[C@H]3[C@H](F)[C@H]32)c2cnc(-c3cc(N)cc4ccc(F)c(C#C)c34)c(F)c2n1)[C@@]12CCCN1C[C@H](F)C2. The highest BCUT2D eigenvalue weighted by molar-refractivity contribution is 6.03. The molecule has 3 fully saturated rings. The number of nitrogens with zero attached hydrogens (tertiary/aromatic N) is 5. The summed E-state index contributed by atoms with van der Waals surface area (Å²) in [6.07, 6.45) is 9.92. The van der Waals surface area contributed by atoms with E-state index >= 15 is 8.78 Å². The molecule has 2 saturated heterocycles. The molecule has 0 unspecified atom stereocenters. The van der Waals surface area contributed by atoms with Gasteiger partial charge in [-0.2, -0.15) is 9.97 Å². The summed E-state index contributed by atoms with van der Waals surface area (Å²) in [5.74, 6) is 0.581. The van der Waals surface area contributed by atoms with Gasteiger partial charge in [0.25, 0.3) is 0 Å². The molecule has 5 atom stereocenters. The molecule has 8 rings (SSSR count). The van der Waals surface area contributed by atoms with Crippen LogP contribution < -0.4 is 15.4 Å². The molecule has 0 spiro atoms. The van der Waals surface area contributed by atoms with E-state index < -0.39 is 48.1 Å². The minimum Gasteiger partial charge on any atom is -0.461 e. The Labute approximate surface area is 259 Å². The maximum absolute atomic E-state index is 16.9. The number of rotatable bonds is 5. The van der Waals surface area contributed by atoms with Crippen LogP contribution in [0.3, 0.4) is 0 Å². The lowest BCUT2D eigenvalue weighted by Gasteiger charge is -2.31. The molecule has 3 aliphatic heterocycles. The molecule has 1 aliphatic carbocycles. The summed E-state index contributed by atoms with van der Waals surface area (Å²) in [5, 5.41) is 0.856. The highest BCUT2D eigenvalue weighted by atomic mass is 19.1. The number of anilines is 2. The fourth-order valence-electron chi connectivity index (χ4n) is 7.44. The number of benzene rings is 2. The van der Waals surface area contributed by atoms with Crippen LogP contribution in [0.2, 0.25) is 0 Å². The molecule has 11 heteroatoms. The van der Waals surface area contributed by atoms with Crippen molar-refractivity contribution in [1.29, 1.82) is 0 Å². The predicted octanol–water partition coefficient (Wildman–Crippen LogP) is 5.74. The van der Waals surface area contributed by atoms with Crippen LogP contribution in [0.4, 0.5) is 29.1 Å². The quantitative estimate of drug-likeness (QED) is 0.133. The molecule has 230 valence electrons. The number of allylic oxidation sites excluding steroid dienone is 1. The van der Waals surface area contributed by atoms with Crippen molar-refractivity contribution in [3.05, 3.63) is 59.8 Å². The normalized spacial score (nSPS) is 28.4. The van der Waals surface area contributed by atoms with Gasteiger partial charge in [0.1, 0.15) is 41.7 Å². The average Bonchev–Trinajstić information content (AvgIpc) is 3.39. The van der Waals surface area contributed by atoms with Gasteiger partial charge in [-0.1, -0.05) is 24.1 Å². The Hall–Kier alpha value is -4.43. The van der Waals surface area contributed by atoms with Gasteiger partial charge in [0.05, 0.1) is 25.3 Å². The smallest absolute Gasteiger partial charge is 0.319 e. The van der Waals surface area contributed by atoms with Crippen LogP contribution >= 0.6 is 0 Å². The minimum atomic E-state index is -2.45. The van der Waals surface area contributed by atoms with Gasteiger partial charge < -0.3 is 15.4 Å². The zero-order valence-corrected chi connectivity index (χ0v) is 24.1. The van der Waals surface area contributed by atoms with Crippen molar-refractivity contribution in [1.82, 2.24) is 19.9 Å². The summed E-state index contributed by atoms with van der Waals surface area (Å²) in [5.41, 5.74) is 4.73. The average molecular weight is 617 g/mol. The van der Waals surface area contributed by atoms with Gasteiger partial charge in [0, 0.05) is 48.3 Å². The molecule has 0 amide bonds. The fraction of sp³-hybridized carbons (Fsp3) is 0.382. The molecule has 2 aromatic carbocycles. The van der Waals surface area contributed by atoms with Gasteiger partial charge >= 0.3 is 6.01 Å². The first-order valence-corrected chi connectivity index (χ1v) is 15.0. The molecule has 2 N–H and O–H groups in total. The van der Waals surface area contributed by atoms with Crippen LogP contribution in [0.5, 0.6) is 6.01 Å². The van der Waals surface area contributed by atoms with Crippen molar-refractivity contribution in [3.63, 3.8) is 0 Å². The van der Waals surface area contributed by atoms with E-state index in [-0.39, 0.29) is 70.0 Å². The van der Waals surface area contributed by atoms with Crippen LogP contribution in [-0.4, -0.2) is 70.0 Å². The van der Waals surface area contributed by atoms with Crippen molar-refractivity contribution in [3.8, 4) is 29.6 Å². The second kappa shape index (κ2) is 10.3. The molecular formula is C34H30F4N6O. The van der Waals surface area contributed by atoms with E-state index in [4.69, 9.17) is 19.6 Å². The van der Waals surface area contributed by atoms with Gasteiger partial charge in [-0.05, 0) is 49.4 Å². The second-order valence-corrected chi connectivity index (χ2v) is 12.3. The number of hydrogen-bond donors (Lipinski definition) is 1. The summed E-state index contributed by atoms with van der Waals surface area (Å²) in [7, 11) is 0. The molecule has 0 bridgehead atoms. The van der Waals surface area contributed by atoms with Gasteiger partial charge in [-0.15, -0.1) is 6.42 Å². The zero-order chi connectivity index (χ0) is 32.8. The minimum absolute atomic E-state index is 0.0658. The number of nitrogens with two attached hydrogens (primary N) is 1. The molecule has 0 radical (unpaired) electrons. The lowest BCUT2D eigenvalue weighted by atomic mass is 9.95. The summed E-state index contributed by atoms with van der Waals surface area (Å²) < 4.78 is 85.3. The highest BCUT2D eigenvalue weighted by Crippen LogP contribution is 2.47. The Balaban J connectivity index is 1.33. The maximum Gasteiger partial charge on any atom is 0.319 e. The van der Waals surface area contributed by atoms with Gasteiger partial charge in [0.15, 0.2) is 5.82 Å². The molecule has 4 aromatic rings. The first-order valence-electron chi connectivity index (χ1n) is 16.0. The monoisotopic (exact) mass is 616 g/mol. The van der Waals surface area contributed by atoms with E-state index in [1.165, 1.54) is 24.4 Å². The van der Waals surface area contributed by atoms with Crippen LogP contribution in [0.25, 0.3) is 32.9 Å². The molecule has 5 heterocycles. The Kier molecular flexibility index (Phi) is 5.92. The van der Waals surface area contributed by atoms with Crippen LogP contribution in [0.15, 0.2) is 42.6 Å². The number of terminal acetylenes is 1. The number of aromatic nitrogens is 3. The number of fused-ring (bicyclic) bond motifs is 4. The number of halogens is 4. The lowest BCUT2D eigenvalue weighted by Crippen LogP contribution is -2.43. The third-order valence-corrected chi connectivity index (χ3v) is 9.61. The lowest BCUT2D eigenvalue weighted by molar-refractivity contribution is 0.107. The molecule has 1 saturated carbocycles. The van der Waals surface area contributed by atoms with E-state index in [1.807, 2.05) is 12.2 Å². The van der Waals surface area contributed by atoms with Crippen molar-refractivity contribution < 1.29 is 25.0 Å². The number of nitrogen functional groups attached to an aromatic ring is 1. The number of alkyl halides is 2. The zero-order valence-electron chi connectivity index (χ0n) is 26.1. The molecule has 4 aliphatic rings. The van der Waals surface area contributed by atoms with E-state index in [0.717, 1.165) is 0 Å². The van der Waals surface area contributed by atoms with E-state index in [0.29, 0.717) is 31.2 Å². The molecule has 45 heavy (non-hydrogen) atoms. The molecule has 7 nitrogen and oxygen atoms in total. The first kappa shape index (κ1) is 25.9. The van der Waals surface area contributed by atoms with Crippen LogP contribution in [0, 0.1) is 29.9 Å². The third-order valence-electron chi connectivity index (χ3n) is 9.61. The van der Waals surface area contributed by atoms with E-state index in [2.05, 4.69) is 20.9 Å². The number of hydrogen-bond acceptors (Lipinski definition) is 7.